The second kappa shape index (κ2) is 6.02. The Hall–Kier alpha value is -1.20. The van der Waals surface area contributed by atoms with Crippen molar-refractivity contribution in [3.8, 4) is 0 Å². The van der Waals surface area contributed by atoms with E-state index in [0.717, 1.165) is 43.0 Å². The molecule has 3 fully saturated rings. The zero-order chi connectivity index (χ0) is 15.9. The lowest BCUT2D eigenvalue weighted by Crippen LogP contribution is -2.70. The number of nitrogens with zero attached hydrogens (tertiary/aromatic N) is 3. The summed E-state index contributed by atoms with van der Waals surface area (Å²) >= 11 is 0. The van der Waals surface area contributed by atoms with Gasteiger partial charge in [0, 0.05) is 50.1 Å². The fourth-order valence-electron chi connectivity index (χ4n) is 4.80. The highest BCUT2D eigenvalue weighted by atomic mass is 16.5. The van der Waals surface area contributed by atoms with E-state index in [0.29, 0.717) is 18.1 Å². The first-order chi connectivity index (χ1) is 11.2. The van der Waals surface area contributed by atoms with Gasteiger partial charge in [-0.3, -0.25) is 0 Å². The van der Waals surface area contributed by atoms with Gasteiger partial charge in [-0.1, -0.05) is 6.42 Å². The first-order valence-electron chi connectivity index (χ1n) is 8.90. The van der Waals surface area contributed by atoms with Crippen molar-refractivity contribution >= 4 is 5.82 Å². The van der Waals surface area contributed by atoms with E-state index in [2.05, 4.69) is 16.0 Å². The number of hydrogen-bond acceptors (Lipinski definition) is 5. The predicted molar refractivity (Wildman–Crippen MR) is 88.4 cm³/mol. The summed E-state index contributed by atoms with van der Waals surface area (Å²) in [5.74, 6) is 2.64. The molecule has 0 N–H and O–H groups in total. The van der Waals surface area contributed by atoms with Crippen LogP contribution in [-0.4, -0.2) is 42.9 Å². The van der Waals surface area contributed by atoms with Crippen LogP contribution >= 0.6 is 0 Å². The fourth-order valence-corrected chi connectivity index (χ4v) is 4.80. The number of rotatable bonds is 4. The molecule has 2 aliphatic heterocycles. The molecule has 0 amide bonds. The second-order valence-corrected chi connectivity index (χ2v) is 7.46. The molecule has 3 aliphatic rings. The SMILES string of the molecule is COCc1nc(C)cc(N2CC3(CCC3)C2C2CCOCC2)n1. The molecule has 1 atom stereocenters. The summed E-state index contributed by atoms with van der Waals surface area (Å²) in [5.41, 5.74) is 1.59. The Morgan fingerprint density at radius 1 is 1.30 bits per heavy atom. The maximum Gasteiger partial charge on any atom is 0.156 e. The zero-order valence-corrected chi connectivity index (χ0v) is 14.3. The van der Waals surface area contributed by atoms with Gasteiger partial charge >= 0.3 is 0 Å². The summed E-state index contributed by atoms with van der Waals surface area (Å²) in [6, 6.07) is 2.78. The first-order valence-corrected chi connectivity index (χ1v) is 8.90. The largest absolute Gasteiger partial charge is 0.381 e. The molecular formula is C18H27N3O2. The van der Waals surface area contributed by atoms with Crippen molar-refractivity contribution in [2.75, 3.05) is 31.8 Å². The smallest absolute Gasteiger partial charge is 0.156 e. The van der Waals surface area contributed by atoms with Gasteiger partial charge in [0.2, 0.25) is 0 Å². The van der Waals surface area contributed by atoms with Gasteiger partial charge in [0.25, 0.3) is 0 Å². The average molecular weight is 317 g/mol. The van der Waals surface area contributed by atoms with Gasteiger partial charge in [0.05, 0.1) is 0 Å². The molecule has 0 bridgehead atoms. The molecule has 3 heterocycles. The van der Waals surface area contributed by atoms with Gasteiger partial charge in [0.1, 0.15) is 12.4 Å². The molecule has 1 saturated carbocycles. The van der Waals surface area contributed by atoms with E-state index < -0.39 is 0 Å². The number of aromatic nitrogens is 2. The van der Waals surface area contributed by atoms with Crippen LogP contribution in [0.25, 0.3) is 0 Å². The van der Waals surface area contributed by atoms with E-state index in [1.54, 1.807) is 7.11 Å². The van der Waals surface area contributed by atoms with Crippen molar-refractivity contribution < 1.29 is 9.47 Å². The Balaban J connectivity index is 1.60. The van der Waals surface area contributed by atoms with Gasteiger partial charge in [-0.05, 0) is 38.5 Å². The minimum absolute atomic E-state index is 0.482. The van der Waals surface area contributed by atoms with Gasteiger partial charge in [0.15, 0.2) is 5.82 Å². The standard InChI is InChI=1S/C18H27N3O2/c1-13-10-16(20-15(19-13)11-22-2)21-12-18(6-3-7-18)17(21)14-4-8-23-9-5-14/h10,14,17H,3-9,11-12H2,1-2H3. The van der Waals surface area contributed by atoms with Crippen LogP contribution in [0.3, 0.4) is 0 Å². The van der Waals surface area contributed by atoms with Crippen LogP contribution in [0.15, 0.2) is 6.07 Å². The Labute approximate surface area is 138 Å². The van der Waals surface area contributed by atoms with Crippen molar-refractivity contribution in [3.63, 3.8) is 0 Å². The minimum Gasteiger partial charge on any atom is -0.381 e. The van der Waals surface area contributed by atoms with Crippen molar-refractivity contribution in [2.45, 2.75) is 51.7 Å². The molecule has 1 aliphatic carbocycles. The van der Waals surface area contributed by atoms with Gasteiger partial charge in [-0.25, -0.2) is 9.97 Å². The molecule has 5 heteroatoms. The Morgan fingerprint density at radius 2 is 2.09 bits per heavy atom. The lowest BCUT2D eigenvalue weighted by atomic mass is 9.54. The van der Waals surface area contributed by atoms with Crippen LogP contribution in [0.1, 0.15) is 43.6 Å². The molecule has 2 saturated heterocycles. The van der Waals surface area contributed by atoms with E-state index in [-0.39, 0.29) is 0 Å². The minimum atomic E-state index is 0.482. The maximum absolute atomic E-state index is 5.59. The number of ether oxygens (including phenoxy) is 2. The van der Waals surface area contributed by atoms with Gasteiger partial charge in [-0.15, -0.1) is 0 Å². The Bertz CT molecular complexity index is 567. The summed E-state index contributed by atoms with van der Waals surface area (Å²) in [4.78, 5) is 11.8. The Kier molecular flexibility index (Phi) is 4.01. The molecule has 23 heavy (non-hydrogen) atoms. The zero-order valence-electron chi connectivity index (χ0n) is 14.3. The van der Waals surface area contributed by atoms with Crippen LogP contribution in [0.4, 0.5) is 5.82 Å². The number of anilines is 1. The molecule has 4 rings (SSSR count). The average Bonchev–Trinajstić information content (AvgIpc) is 2.46. The molecule has 1 aromatic heterocycles. The summed E-state index contributed by atoms with van der Waals surface area (Å²) in [6.07, 6.45) is 6.56. The predicted octanol–water partition coefficient (Wildman–Crippen LogP) is 2.72. The Morgan fingerprint density at radius 3 is 2.74 bits per heavy atom. The second-order valence-electron chi connectivity index (χ2n) is 7.46. The summed E-state index contributed by atoms with van der Waals surface area (Å²) < 4.78 is 10.8. The highest BCUT2D eigenvalue weighted by molar-refractivity contribution is 5.48. The van der Waals surface area contributed by atoms with E-state index >= 15 is 0 Å². The van der Waals surface area contributed by atoms with E-state index in [4.69, 9.17) is 14.5 Å². The molecule has 1 unspecified atom stereocenters. The van der Waals surface area contributed by atoms with E-state index in [1.165, 1.54) is 32.1 Å². The molecule has 1 aromatic rings. The molecule has 1 spiro atoms. The van der Waals surface area contributed by atoms with Gasteiger partial charge in [-0.2, -0.15) is 0 Å². The first kappa shape index (κ1) is 15.3. The molecule has 0 aromatic carbocycles. The summed E-state index contributed by atoms with van der Waals surface area (Å²) in [7, 11) is 1.70. The van der Waals surface area contributed by atoms with E-state index in [1.807, 2.05) is 6.92 Å². The summed E-state index contributed by atoms with van der Waals surface area (Å²) in [6.45, 7) is 5.53. The lowest BCUT2D eigenvalue weighted by Gasteiger charge is -2.65. The molecule has 0 radical (unpaired) electrons. The van der Waals surface area contributed by atoms with Crippen LogP contribution in [-0.2, 0) is 16.1 Å². The molecule has 5 nitrogen and oxygen atoms in total. The maximum atomic E-state index is 5.59. The monoisotopic (exact) mass is 317 g/mol. The number of hydrogen-bond donors (Lipinski definition) is 0. The lowest BCUT2D eigenvalue weighted by molar-refractivity contribution is -0.0370. The highest BCUT2D eigenvalue weighted by Crippen LogP contribution is 2.57. The number of methoxy groups -OCH3 is 1. The topological polar surface area (TPSA) is 47.5 Å². The molecule has 126 valence electrons. The quantitative estimate of drug-likeness (QED) is 0.854. The third-order valence-electron chi connectivity index (χ3n) is 5.96. The fraction of sp³-hybridized carbons (Fsp3) is 0.778. The normalized spacial score (nSPS) is 26.9. The van der Waals surface area contributed by atoms with Crippen molar-refractivity contribution in [3.05, 3.63) is 17.6 Å². The van der Waals surface area contributed by atoms with Crippen molar-refractivity contribution in [2.24, 2.45) is 11.3 Å². The van der Waals surface area contributed by atoms with Crippen LogP contribution in [0.2, 0.25) is 0 Å². The van der Waals surface area contributed by atoms with Gasteiger partial charge < -0.3 is 14.4 Å². The molecular weight excluding hydrogens is 290 g/mol. The van der Waals surface area contributed by atoms with Crippen LogP contribution in [0, 0.1) is 18.3 Å². The van der Waals surface area contributed by atoms with Crippen molar-refractivity contribution in [1.82, 2.24) is 9.97 Å². The number of aryl methyl sites for hydroxylation is 1. The van der Waals surface area contributed by atoms with E-state index in [9.17, 15) is 0 Å². The third kappa shape index (κ3) is 2.64. The summed E-state index contributed by atoms with van der Waals surface area (Å²) in [5, 5.41) is 0. The van der Waals surface area contributed by atoms with Crippen molar-refractivity contribution in [1.29, 1.82) is 0 Å². The van der Waals surface area contributed by atoms with Crippen LogP contribution < -0.4 is 4.90 Å². The van der Waals surface area contributed by atoms with Crippen LogP contribution in [0.5, 0.6) is 0 Å². The third-order valence-corrected chi connectivity index (χ3v) is 5.96. The highest BCUT2D eigenvalue weighted by Gasteiger charge is 2.58.